The molecule has 0 saturated heterocycles. The van der Waals surface area contributed by atoms with E-state index in [4.69, 9.17) is 4.42 Å². The van der Waals surface area contributed by atoms with Crippen molar-refractivity contribution >= 4 is 11.9 Å². The lowest BCUT2D eigenvalue weighted by atomic mass is 10.3. The Morgan fingerprint density at radius 3 is 2.24 bits per heavy atom. The number of rotatable bonds is 6. The Bertz CT molecular complexity index is 342. The molecular weight excluding hydrogens is 226 g/mol. The molecule has 1 heterocycles. The predicted octanol–water partition coefficient (Wildman–Crippen LogP) is 0.428. The molecular formula is C11H15NO5. The summed E-state index contributed by atoms with van der Waals surface area (Å²) in [6, 6.07) is 1.77. The zero-order chi connectivity index (χ0) is 12.7. The van der Waals surface area contributed by atoms with Gasteiger partial charge in [-0.05, 0) is 6.07 Å². The number of hydrogen-bond acceptors (Lipinski definition) is 6. The van der Waals surface area contributed by atoms with Gasteiger partial charge in [-0.15, -0.1) is 0 Å². The smallest absolute Gasteiger partial charge is 0.319 e. The molecule has 0 aliphatic carbocycles. The Balaban J connectivity index is 2.58. The number of nitrogens with zero attached hydrogens (tertiary/aromatic N) is 1. The summed E-state index contributed by atoms with van der Waals surface area (Å²) in [7, 11) is 2.60. The molecule has 0 atom stereocenters. The van der Waals surface area contributed by atoms with Crippen LogP contribution in [-0.4, -0.2) is 44.1 Å². The van der Waals surface area contributed by atoms with Gasteiger partial charge in [-0.1, -0.05) is 0 Å². The van der Waals surface area contributed by atoms with Crippen LogP contribution in [0.3, 0.4) is 0 Å². The molecule has 0 bridgehead atoms. The van der Waals surface area contributed by atoms with E-state index in [9.17, 15) is 9.59 Å². The number of hydrogen-bond donors (Lipinski definition) is 0. The van der Waals surface area contributed by atoms with Crippen LogP contribution in [0.15, 0.2) is 23.0 Å². The van der Waals surface area contributed by atoms with Gasteiger partial charge in [-0.2, -0.15) is 0 Å². The van der Waals surface area contributed by atoms with Crippen LogP contribution in [0.25, 0.3) is 0 Å². The van der Waals surface area contributed by atoms with Gasteiger partial charge in [0.1, 0.15) is 0 Å². The zero-order valence-corrected chi connectivity index (χ0v) is 9.84. The first kappa shape index (κ1) is 13.2. The lowest BCUT2D eigenvalue weighted by molar-refractivity contribution is -0.145. The van der Waals surface area contributed by atoms with Gasteiger partial charge in [-0.25, -0.2) is 0 Å². The van der Waals surface area contributed by atoms with E-state index < -0.39 is 11.9 Å². The van der Waals surface area contributed by atoms with E-state index in [1.807, 2.05) is 0 Å². The molecule has 6 nitrogen and oxygen atoms in total. The Kier molecular flexibility index (Phi) is 5.22. The molecule has 0 saturated carbocycles. The summed E-state index contributed by atoms with van der Waals surface area (Å²) in [6.45, 7) is 0.467. The number of methoxy groups -OCH3 is 2. The van der Waals surface area contributed by atoms with Gasteiger partial charge in [0.15, 0.2) is 0 Å². The second kappa shape index (κ2) is 6.70. The summed E-state index contributed by atoms with van der Waals surface area (Å²) in [5, 5.41) is 0. The third-order valence-electron chi connectivity index (χ3n) is 2.15. The van der Waals surface area contributed by atoms with Crippen LogP contribution in [0.2, 0.25) is 0 Å². The van der Waals surface area contributed by atoms with Gasteiger partial charge in [0.05, 0.1) is 39.8 Å². The van der Waals surface area contributed by atoms with E-state index in [0.717, 1.165) is 5.56 Å². The van der Waals surface area contributed by atoms with E-state index in [1.165, 1.54) is 20.5 Å². The van der Waals surface area contributed by atoms with Crippen LogP contribution in [0.5, 0.6) is 0 Å². The van der Waals surface area contributed by atoms with Crippen molar-refractivity contribution in [1.29, 1.82) is 0 Å². The van der Waals surface area contributed by atoms with Crippen LogP contribution in [-0.2, 0) is 25.6 Å². The maximum absolute atomic E-state index is 11.2. The maximum Gasteiger partial charge on any atom is 0.319 e. The second-order valence-corrected chi connectivity index (χ2v) is 3.43. The highest BCUT2D eigenvalue weighted by Crippen LogP contribution is 2.05. The summed E-state index contributed by atoms with van der Waals surface area (Å²) in [4.78, 5) is 24.0. The molecule has 0 amide bonds. The number of ether oxygens (including phenoxy) is 2. The molecule has 0 N–H and O–H groups in total. The van der Waals surface area contributed by atoms with Crippen LogP contribution < -0.4 is 0 Å². The average molecular weight is 241 g/mol. The Labute approximate surface area is 99.1 Å². The molecule has 17 heavy (non-hydrogen) atoms. The minimum atomic E-state index is -0.405. The maximum atomic E-state index is 11.2. The number of esters is 2. The summed E-state index contributed by atoms with van der Waals surface area (Å²) >= 11 is 0. The van der Waals surface area contributed by atoms with Crippen LogP contribution in [0, 0.1) is 0 Å². The molecule has 1 rings (SSSR count). The van der Waals surface area contributed by atoms with Gasteiger partial charge in [0.25, 0.3) is 0 Å². The quantitative estimate of drug-likeness (QED) is 0.673. The van der Waals surface area contributed by atoms with E-state index >= 15 is 0 Å². The van der Waals surface area contributed by atoms with Crippen LogP contribution >= 0.6 is 0 Å². The monoisotopic (exact) mass is 241 g/mol. The van der Waals surface area contributed by atoms with Crippen molar-refractivity contribution in [2.24, 2.45) is 0 Å². The van der Waals surface area contributed by atoms with E-state index in [0.29, 0.717) is 6.54 Å². The molecule has 0 unspecified atom stereocenters. The van der Waals surface area contributed by atoms with Gasteiger partial charge in [0.2, 0.25) is 0 Å². The van der Waals surface area contributed by atoms with Crippen molar-refractivity contribution in [3.63, 3.8) is 0 Å². The fourth-order valence-corrected chi connectivity index (χ4v) is 1.30. The number of carbonyl (C=O) groups is 2. The van der Waals surface area contributed by atoms with Crippen molar-refractivity contribution in [1.82, 2.24) is 4.90 Å². The van der Waals surface area contributed by atoms with Gasteiger partial charge < -0.3 is 13.9 Å². The fraction of sp³-hybridized carbons (Fsp3) is 0.455. The molecule has 0 fully saturated rings. The Hall–Kier alpha value is -1.82. The minimum absolute atomic E-state index is 0.0246. The Morgan fingerprint density at radius 2 is 1.82 bits per heavy atom. The van der Waals surface area contributed by atoms with Gasteiger partial charge in [-0.3, -0.25) is 14.5 Å². The second-order valence-electron chi connectivity index (χ2n) is 3.43. The summed E-state index contributed by atoms with van der Waals surface area (Å²) in [5.74, 6) is -0.810. The zero-order valence-electron chi connectivity index (χ0n) is 9.84. The van der Waals surface area contributed by atoms with Crippen molar-refractivity contribution < 1.29 is 23.5 Å². The SMILES string of the molecule is COC(=O)CN(CC(=O)OC)Cc1ccoc1. The lowest BCUT2D eigenvalue weighted by Gasteiger charge is -2.18. The van der Waals surface area contributed by atoms with E-state index in [2.05, 4.69) is 9.47 Å². The lowest BCUT2D eigenvalue weighted by Crippen LogP contribution is -2.35. The number of furan rings is 1. The normalized spacial score (nSPS) is 10.3. The van der Waals surface area contributed by atoms with Crippen molar-refractivity contribution in [2.75, 3.05) is 27.3 Å². The highest BCUT2D eigenvalue weighted by Gasteiger charge is 2.16. The molecule has 0 aliphatic rings. The van der Waals surface area contributed by atoms with Crippen molar-refractivity contribution in [3.05, 3.63) is 24.2 Å². The molecule has 0 aromatic carbocycles. The Morgan fingerprint density at radius 1 is 1.24 bits per heavy atom. The molecule has 0 spiro atoms. The first-order valence-corrected chi connectivity index (χ1v) is 5.02. The summed E-state index contributed by atoms with van der Waals surface area (Å²) < 4.78 is 14.0. The fourth-order valence-electron chi connectivity index (χ4n) is 1.30. The summed E-state index contributed by atoms with van der Waals surface area (Å²) in [6.07, 6.45) is 3.09. The topological polar surface area (TPSA) is 69.0 Å². The minimum Gasteiger partial charge on any atom is -0.472 e. The third-order valence-corrected chi connectivity index (χ3v) is 2.15. The summed E-state index contributed by atoms with van der Waals surface area (Å²) in [5.41, 5.74) is 0.873. The first-order chi connectivity index (χ1) is 8.15. The largest absolute Gasteiger partial charge is 0.472 e. The van der Waals surface area contributed by atoms with Gasteiger partial charge >= 0.3 is 11.9 Å². The molecule has 6 heteroatoms. The third kappa shape index (κ3) is 4.69. The van der Waals surface area contributed by atoms with Crippen LogP contribution in [0.1, 0.15) is 5.56 Å². The van der Waals surface area contributed by atoms with E-state index in [-0.39, 0.29) is 13.1 Å². The van der Waals surface area contributed by atoms with Crippen molar-refractivity contribution in [2.45, 2.75) is 6.54 Å². The first-order valence-electron chi connectivity index (χ1n) is 5.02. The molecule has 0 radical (unpaired) electrons. The highest BCUT2D eigenvalue weighted by atomic mass is 16.5. The average Bonchev–Trinajstić information content (AvgIpc) is 2.81. The van der Waals surface area contributed by atoms with Crippen LogP contribution in [0.4, 0.5) is 0 Å². The van der Waals surface area contributed by atoms with Gasteiger partial charge in [0, 0.05) is 12.1 Å². The highest BCUT2D eigenvalue weighted by molar-refractivity contribution is 5.74. The number of carbonyl (C=O) groups excluding carboxylic acids is 2. The molecule has 94 valence electrons. The molecule has 1 aromatic heterocycles. The van der Waals surface area contributed by atoms with Crippen molar-refractivity contribution in [3.8, 4) is 0 Å². The van der Waals surface area contributed by atoms with E-state index in [1.54, 1.807) is 17.2 Å². The predicted molar refractivity (Wildman–Crippen MR) is 58.0 cm³/mol. The molecule has 0 aliphatic heterocycles. The molecule has 1 aromatic rings. The standard InChI is InChI=1S/C11H15NO5/c1-15-10(13)6-12(7-11(14)16-2)5-9-3-4-17-8-9/h3-4,8H,5-7H2,1-2H3.